The maximum atomic E-state index is 11.8. The fourth-order valence-corrected chi connectivity index (χ4v) is 2.59. The number of hydrogen-bond acceptors (Lipinski definition) is 4. The second-order valence-electron chi connectivity index (χ2n) is 5.15. The molecule has 1 aromatic heterocycles. The smallest absolute Gasteiger partial charge is 0.254 e. The molecule has 3 rings (SSSR count). The Hall–Kier alpha value is -2.69. The van der Waals surface area contributed by atoms with Gasteiger partial charge in [-0.3, -0.25) is 4.79 Å². The van der Waals surface area contributed by atoms with Gasteiger partial charge in [0.2, 0.25) is 5.95 Å². The lowest BCUT2D eigenvalue weighted by atomic mass is 10.0. The molecule has 2 heterocycles. The third-order valence-electron chi connectivity index (χ3n) is 3.66. The highest BCUT2D eigenvalue weighted by molar-refractivity contribution is 5.93. The van der Waals surface area contributed by atoms with Gasteiger partial charge in [0.05, 0.1) is 5.56 Å². The lowest BCUT2D eigenvalue weighted by Gasteiger charge is -2.29. The van der Waals surface area contributed by atoms with E-state index in [2.05, 4.69) is 45.0 Å². The molecule has 0 saturated carbocycles. The standard InChI is InChI=1S/C17H18N4O/c1-2-9-18-16(22)14-11-19-17(20-12-14)21-10-5-7-13-6-3-4-8-15(13)21/h2-4,6,8,11-12H,1,5,7,9-10H2,(H,18,22). The Morgan fingerprint density at radius 3 is 2.86 bits per heavy atom. The second-order valence-corrected chi connectivity index (χ2v) is 5.15. The van der Waals surface area contributed by atoms with E-state index < -0.39 is 0 Å². The molecule has 0 aliphatic carbocycles. The fourth-order valence-electron chi connectivity index (χ4n) is 2.59. The molecule has 1 N–H and O–H groups in total. The number of anilines is 2. The molecule has 5 nitrogen and oxygen atoms in total. The van der Waals surface area contributed by atoms with Crippen LogP contribution >= 0.6 is 0 Å². The van der Waals surface area contributed by atoms with Crippen molar-refractivity contribution in [2.45, 2.75) is 12.8 Å². The van der Waals surface area contributed by atoms with E-state index in [4.69, 9.17) is 0 Å². The molecule has 0 bridgehead atoms. The van der Waals surface area contributed by atoms with Crippen LogP contribution in [0.3, 0.4) is 0 Å². The van der Waals surface area contributed by atoms with Gasteiger partial charge in [0, 0.05) is 31.2 Å². The minimum atomic E-state index is -0.189. The summed E-state index contributed by atoms with van der Waals surface area (Å²) in [6, 6.07) is 8.30. The number of para-hydroxylation sites is 1. The van der Waals surface area contributed by atoms with Crippen LogP contribution in [0.1, 0.15) is 22.3 Å². The predicted octanol–water partition coefficient (Wildman–Crippen LogP) is 2.48. The highest BCUT2D eigenvalue weighted by atomic mass is 16.1. The van der Waals surface area contributed by atoms with E-state index in [0.29, 0.717) is 18.1 Å². The second kappa shape index (κ2) is 6.39. The van der Waals surface area contributed by atoms with E-state index in [1.807, 2.05) is 6.07 Å². The average Bonchev–Trinajstić information content (AvgIpc) is 2.59. The molecular formula is C17H18N4O. The number of carbonyl (C=O) groups excluding carboxylic acids is 1. The molecular weight excluding hydrogens is 276 g/mol. The molecule has 1 amide bonds. The topological polar surface area (TPSA) is 58.1 Å². The third kappa shape index (κ3) is 2.83. The average molecular weight is 294 g/mol. The van der Waals surface area contributed by atoms with E-state index in [1.165, 1.54) is 5.56 Å². The number of nitrogens with one attached hydrogen (secondary N) is 1. The minimum absolute atomic E-state index is 0.189. The van der Waals surface area contributed by atoms with Crippen LogP contribution in [0, 0.1) is 0 Å². The molecule has 1 aliphatic rings. The number of aromatic nitrogens is 2. The first kappa shape index (κ1) is 14.3. The van der Waals surface area contributed by atoms with Gasteiger partial charge in [0.25, 0.3) is 5.91 Å². The predicted molar refractivity (Wildman–Crippen MR) is 86.3 cm³/mol. The van der Waals surface area contributed by atoms with Crippen molar-refractivity contribution in [3.8, 4) is 0 Å². The Morgan fingerprint density at radius 2 is 2.09 bits per heavy atom. The monoisotopic (exact) mass is 294 g/mol. The summed E-state index contributed by atoms with van der Waals surface area (Å²) in [5.74, 6) is 0.443. The van der Waals surface area contributed by atoms with Crippen LogP contribution in [-0.2, 0) is 6.42 Å². The number of hydrogen-bond donors (Lipinski definition) is 1. The van der Waals surface area contributed by atoms with Crippen molar-refractivity contribution in [3.63, 3.8) is 0 Å². The van der Waals surface area contributed by atoms with E-state index >= 15 is 0 Å². The van der Waals surface area contributed by atoms with Crippen molar-refractivity contribution in [1.82, 2.24) is 15.3 Å². The van der Waals surface area contributed by atoms with Gasteiger partial charge < -0.3 is 10.2 Å². The summed E-state index contributed by atoms with van der Waals surface area (Å²) in [5.41, 5.74) is 2.92. The third-order valence-corrected chi connectivity index (χ3v) is 3.66. The maximum Gasteiger partial charge on any atom is 0.254 e. The van der Waals surface area contributed by atoms with Crippen molar-refractivity contribution in [2.75, 3.05) is 18.0 Å². The largest absolute Gasteiger partial charge is 0.348 e. The molecule has 0 atom stereocenters. The number of carbonyl (C=O) groups is 1. The summed E-state index contributed by atoms with van der Waals surface area (Å²) in [6.07, 6.45) is 6.92. The zero-order valence-electron chi connectivity index (χ0n) is 12.3. The normalized spacial score (nSPS) is 13.4. The summed E-state index contributed by atoms with van der Waals surface area (Å²) in [5, 5.41) is 2.71. The Labute approximate surface area is 129 Å². The molecule has 0 fully saturated rings. The summed E-state index contributed by atoms with van der Waals surface area (Å²) in [7, 11) is 0. The lowest BCUT2D eigenvalue weighted by Crippen LogP contribution is -2.27. The highest BCUT2D eigenvalue weighted by Gasteiger charge is 2.19. The first-order valence-corrected chi connectivity index (χ1v) is 7.36. The van der Waals surface area contributed by atoms with Crippen LogP contribution in [0.4, 0.5) is 11.6 Å². The lowest BCUT2D eigenvalue weighted by molar-refractivity contribution is 0.0957. The molecule has 5 heteroatoms. The first-order valence-electron chi connectivity index (χ1n) is 7.36. The highest BCUT2D eigenvalue weighted by Crippen LogP contribution is 2.30. The SMILES string of the molecule is C=CCNC(=O)c1cnc(N2CCCc3ccccc32)nc1. The number of rotatable bonds is 4. The van der Waals surface area contributed by atoms with E-state index in [-0.39, 0.29) is 5.91 Å². The van der Waals surface area contributed by atoms with Crippen LogP contribution in [0.2, 0.25) is 0 Å². The fraction of sp³-hybridized carbons (Fsp3) is 0.235. The Balaban J connectivity index is 1.82. The zero-order valence-corrected chi connectivity index (χ0v) is 12.3. The number of fused-ring (bicyclic) bond motifs is 1. The molecule has 2 aromatic rings. The van der Waals surface area contributed by atoms with Gasteiger partial charge in [-0.25, -0.2) is 9.97 Å². The quantitative estimate of drug-likeness (QED) is 0.880. The number of benzene rings is 1. The summed E-state index contributed by atoms with van der Waals surface area (Å²) in [4.78, 5) is 22.7. The summed E-state index contributed by atoms with van der Waals surface area (Å²) < 4.78 is 0. The van der Waals surface area contributed by atoms with E-state index in [9.17, 15) is 4.79 Å². The molecule has 0 unspecified atom stereocenters. The van der Waals surface area contributed by atoms with Crippen LogP contribution < -0.4 is 10.2 Å². The van der Waals surface area contributed by atoms with Gasteiger partial charge in [-0.1, -0.05) is 24.3 Å². The van der Waals surface area contributed by atoms with Crippen molar-refractivity contribution >= 4 is 17.5 Å². The van der Waals surface area contributed by atoms with Gasteiger partial charge in [-0.2, -0.15) is 0 Å². The summed E-state index contributed by atoms with van der Waals surface area (Å²) >= 11 is 0. The zero-order chi connectivity index (χ0) is 15.4. The van der Waals surface area contributed by atoms with Crippen LogP contribution in [-0.4, -0.2) is 29.0 Å². The van der Waals surface area contributed by atoms with Gasteiger partial charge in [0.15, 0.2) is 0 Å². The van der Waals surface area contributed by atoms with Crippen molar-refractivity contribution in [1.29, 1.82) is 0 Å². The Bertz CT molecular complexity index is 681. The molecule has 1 aromatic carbocycles. The van der Waals surface area contributed by atoms with Crippen molar-refractivity contribution < 1.29 is 4.79 Å². The minimum Gasteiger partial charge on any atom is -0.348 e. The molecule has 22 heavy (non-hydrogen) atoms. The molecule has 0 spiro atoms. The summed E-state index contributed by atoms with van der Waals surface area (Å²) in [6.45, 7) is 4.89. The molecule has 0 saturated heterocycles. The Kier molecular flexibility index (Phi) is 4.14. The van der Waals surface area contributed by atoms with E-state index in [1.54, 1.807) is 18.5 Å². The van der Waals surface area contributed by atoms with Crippen LogP contribution in [0.5, 0.6) is 0 Å². The molecule has 112 valence electrons. The number of aryl methyl sites for hydroxylation is 1. The van der Waals surface area contributed by atoms with Crippen molar-refractivity contribution in [2.24, 2.45) is 0 Å². The number of nitrogens with zero attached hydrogens (tertiary/aromatic N) is 3. The Morgan fingerprint density at radius 1 is 1.32 bits per heavy atom. The van der Waals surface area contributed by atoms with Crippen LogP contribution in [0.15, 0.2) is 49.3 Å². The van der Waals surface area contributed by atoms with Gasteiger partial charge in [0.1, 0.15) is 0 Å². The van der Waals surface area contributed by atoms with Gasteiger partial charge in [-0.15, -0.1) is 6.58 Å². The van der Waals surface area contributed by atoms with Crippen molar-refractivity contribution in [3.05, 3.63) is 60.4 Å². The number of amides is 1. The van der Waals surface area contributed by atoms with Crippen LogP contribution in [0.25, 0.3) is 0 Å². The molecule has 1 aliphatic heterocycles. The van der Waals surface area contributed by atoms with E-state index in [0.717, 1.165) is 25.1 Å². The van der Waals surface area contributed by atoms with Gasteiger partial charge >= 0.3 is 0 Å². The maximum absolute atomic E-state index is 11.8. The first-order chi connectivity index (χ1) is 10.8. The molecule has 0 radical (unpaired) electrons. The van der Waals surface area contributed by atoms with Gasteiger partial charge in [-0.05, 0) is 24.5 Å².